The molecule has 0 saturated heterocycles. The van der Waals surface area contributed by atoms with E-state index in [1.807, 2.05) is 119 Å². The molecular formula is C32H26N8. The zero-order chi connectivity index (χ0) is 27.0. The van der Waals surface area contributed by atoms with Gasteiger partial charge in [-0.1, -0.05) is 36.4 Å². The third-order valence-corrected chi connectivity index (χ3v) is 6.19. The highest BCUT2D eigenvalue weighted by Crippen LogP contribution is 2.31. The lowest BCUT2D eigenvalue weighted by Gasteiger charge is -2.22. The highest BCUT2D eigenvalue weighted by molar-refractivity contribution is 5.70. The maximum atomic E-state index is 4.98. The van der Waals surface area contributed by atoms with Gasteiger partial charge in [0.1, 0.15) is 34.9 Å². The first kappa shape index (κ1) is 24.8. The molecule has 0 saturated carbocycles. The van der Waals surface area contributed by atoms with Crippen LogP contribution in [0.4, 0.5) is 34.9 Å². The van der Waals surface area contributed by atoms with Crippen molar-refractivity contribution in [3.8, 4) is 0 Å². The van der Waals surface area contributed by atoms with E-state index in [9.17, 15) is 0 Å². The summed E-state index contributed by atoms with van der Waals surface area (Å²) in [5, 5.41) is 0. The van der Waals surface area contributed by atoms with Gasteiger partial charge >= 0.3 is 0 Å². The predicted octanol–water partition coefficient (Wildman–Crippen LogP) is 6.78. The van der Waals surface area contributed by atoms with Gasteiger partial charge in [0.2, 0.25) is 0 Å². The van der Waals surface area contributed by atoms with Gasteiger partial charge in [-0.05, 0) is 85.6 Å². The molecule has 8 nitrogen and oxygen atoms in total. The molecule has 6 rings (SSSR count). The summed E-state index contributed by atoms with van der Waals surface area (Å²) in [5.74, 6) is 4.53. The molecule has 40 heavy (non-hydrogen) atoms. The normalized spacial score (nSPS) is 10.7. The van der Waals surface area contributed by atoms with Gasteiger partial charge in [-0.15, -0.1) is 0 Å². The summed E-state index contributed by atoms with van der Waals surface area (Å²) >= 11 is 0. The highest BCUT2D eigenvalue weighted by Gasteiger charge is 2.17. The van der Waals surface area contributed by atoms with Gasteiger partial charge in [0.15, 0.2) is 0 Å². The number of nitrogens with zero attached hydrogens (tertiary/aromatic N) is 8. The van der Waals surface area contributed by atoms with E-state index in [1.165, 1.54) is 0 Å². The minimum absolute atomic E-state index is 0.718. The van der Waals surface area contributed by atoms with Gasteiger partial charge in [-0.25, -0.2) is 29.9 Å². The van der Waals surface area contributed by atoms with Crippen LogP contribution in [-0.4, -0.2) is 29.9 Å². The maximum absolute atomic E-state index is 4.98. The zero-order valence-corrected chi connectivity index (χ0v) is 21.7. The lowest BCUT2D eigenvalue weighted by Crippen LogP contribution is -2.15. The summed E-state index contributed by atoms with van der Waals surface area (Å²) in [4.78, 5) is 32.1. The Morgan fingerprint density at radius 2 is 0.675 bits per heavy atom. The molecule has 0 aliphatic rings. The second-order valence-corrected chi connectivity index (χ2v) is 8.90. The Morgan fingerprint density at radius 3 is 0.975 bits per heavy atom. The van der Waals surface area contributed by atoms with Crippen molar-refractivity contribution >= 4 is 34.9 Å². The van der Waals surface area contributed by atoms with Gasteiger partial charge < -0.3 is 0 Å². The van der Waals surface area contributed by atoms with Crippen LogP contribution in [0.3, 0.4) is 0 Å². The van der Waals surface area contributed by atoms with Crippen molar-refractivity contribution in [2.75, 3.05) is 9.80 Å². The molecule has 0 radical (unpaired) electrons. The fourth-order valence-electron chi connectivity index (χ4n) is 4.37. The molecule has 0 fully saturated rings. The monoisotopic (exact) mass is 522 g/mol. The van der Waals surface area contributed by atoms with E-state index in [0.717, 1.165) is 59.1 Å². The van der Waals surface area contributed by atoms with Crippen molar-refractivity contribution < 1.29 is 0 Å². The van der Waals surface area contributed by atoms with Crippen molar-refractivity contribution in [1.29, 1.82) is 0 Å². The summed E-state index contributed by atoms with van der Waals surface area (Å²) < 4.78 is 0. The molecule has 0 bridgehead atoms. The molecular weight excluding hydrogens is 496 g/mol. The van der Waals surface area contributed by atoms with Crippen LogP contribution in [0.2, 0.25) is 0 Å². The Bertz CT molecular complexity index is 1440. The van der Waals surface area contributed by atoms with Crippen LogP contribution in [0.15, 0.2) is 134 Å². The lowest BCUT2D eigenvalue weighted by atomic mass is 10.1. The largest absolute Gasteiger partial charge is 0.262 e. The number of hydrogen-bond acceptors (Lipinski definition) is 8. The quantitative estimate of drug-likeness (QED) is 0.205. The van der Waals surface area contributed by atoms with E-state index in [0.29, 0.717) is 0 Å². The Kier molecular flexibility index (Phi) is 7.39. The lowest BCUT2D eigenvalue weighted by molar-refractivity contribution is 0.874. The molecule has 0 aliphatic carbocycles. The number of aryl methyl sites for hydroxylation is 2. The fraction of sp³-hybridized carbons (Fsp3) is 0.0625. The summed E-state index contributed by atoms with van der Waals surface area (Å²) in [7, 11) is 0. The molecule has 0 N–H and O–H groups in total. The van der Waals surface area contributed by atoms with Gasteiger partial charge in [-0.3, -0.25) is 9.80 Å². The molecule has 8 heteroatoms. The predicted molar refractivity (Wildman–Crippen MR) is 156 cm³/mol. The third kappa shape index (κ3) is 5.66. The molecule has 6 heterocycles. The fourth-order valence-corrected chi connectivity index (χ4v) is 4.37. The smallest absolute Gasteiger partial charge is 0.140 e. The second-order valence-electron chi connectivity index (χ2n) is 8.90. The van der Waals surface area contributed by atoms with E-state index in [1.54, 1.807) is 24.8 Å². The molecule has 0 amide bonds. The molecule has 194 valence electrons. The minimum atomic E-state index is 0.718. The molecule has 0 atom stereocenters. The van der Waals surface area contributed by atoms with Crippen molar-refractivity contribution in [2.24, 2.45) is 0 Å². The Balaban J connectivity index is 1.26. The van der Waals surface area contributed by atoms with Crippen LogP contribution in [0.5, 0.6) is 0 Å². The Hall–Kier alpha value is -5.50. The third-order valence-electron chi connectivity index (χ3n) is 6.19. The summed E-state index contributed by atoms with van der Waals surface area (Å²) in [5.41, 5.74) is 1.90. The van der Waals surface area contributed by atoms with E-state index in [4.69, 9.17) is 9.97 Å². The standard InChI is InChI=1S/C32H26N8/c1-5-21-33-27(13-1)39(28-14-2-6-22-34-28)31-17-9-11-25(37-31)19-20-26-12-10-18-32(38-26)40(29-15-3-7-23-35-29)30-16-4-8-24-36-30/h1-18,21-24H,19-20H2. The molecule has 0 aromatic carbocycles. The second kappa shape index (κ2) is 11.9. The van der Waals surface area contributed by atoms with Crippen LogP contribution in [0.1, 0.15) is 11.4 Å². The van der Waals surface area contributed by atoms with Crippen molar-refractivity contribution in [1.82, 2.24) is 29.9 Å². The van der Waals surface area contributed by atoms with Gasteiger partial charge in [0.25, 0.3) is 0 Å². The number of rotatable bonds is 9. The molecule has 6 aromatic rings. The maximum Gasteiger partial charge on any atom is 0.140 e. The molecule has 6 aromatic heterocycles. The first-order valence-electron chi connectivity index (χ1n) is 13.0. The molecule has 0 unspecified atom stereocenters. The van der Waals surface area contributed by atoms with E-state index < -0.39 is 0 Å². The first-order chi connectivity index (χ1) is 19.8. The highest BCUT2D eigenvalue weighted by atomic mass is 15.3. The van der Waals surface area contributed by atoms with Crippen LogP contribution in [0, 0.1) is 0 Å². The number of anilines is 6. The average Bonchev–Trinajstić information content (AvgIpc) is 3.03. The van der Waals surface area contributed by atoms with Gasteiger partial charge in [-0.2, -0.15) is 0 Å². The minimum Gasteiger partial charge on any atom is -0.262 e. The van der Waals surface area contributed by atoms with Gasteiger partial charge in [0.05, 0.1) is 0 Å². The zero-order valence-electron chi connectivity index (χ0n) is 21.7. The van der Waals surface area contributed by atoms with Crippen LogP contribution < -0.4 is 9.80 Å². The first-order valence-corrected chi connectivity index (χ1v) is 13.0. The summed E-state index contributed by atoms with van der Waals surface area (Å²) in [6.07, 6.45) is 8.52. The topological polar surface area (TPSA) is 83.8 Å². The van der Waals surface area contributed by atoms with Crippen LogP contribution >= 0.6 is 0 Å². The Labute approximate surface area is 232 Å². The van der Waals surface area contributed by atoms with Crippen LogP contribution in [-0.2, 0) is 12.8 Å². The Morgan fingerprint density at radius 1 is 0.350 bits per heavy atom. The number of hydrogen-bond donors (Lipinski definition) is 0. The van der Waals surface area contributed by atoms with Crippen LogP contribution in [0.25, 0.3) is 0 Å². The SMILES string of the molecule is c1ccc(N(c2ccccn2)c2cccc(CCc3cccc(N(c4ccccn4)c4ccccn4)n3)n2)nc1. The van der Waals surface area contributed by atoms with Gasteiger partial charge in [0, 0.05) is 36.2 Å². The van der Waals surface area contributed by atoms with E-state index >= 15 is 0 Å². The average molecular weight is 523 g/mol. The number of aromatic nitrogens is 6. The number of pyridine rings is 6. The molecule has 0 aliphatic heterocycles. The van der Waals surface area contributed by atoms with E-state index in [2.05, 4.69) is 19.9 Å². The van der Waals surface area contributed by atoms with Crippen molar-refractivity contribution in [3.05, 3.63) is 145 Å². The summed E-state index contributed by atoms with van der Waals surface area (Å²) in [6, 6.07) is 35.3. The molecule has 0 spiro atoms. The van der Waals surface area contributed by atoms with Crippen molar-refractivity contribution in [2.45, 2.75) is 12.8 Å². The van der Waals surface area contributed by atoms with Crippen molar-refractivity contribution in [3.63, 3.8) is 0 Å². The van der Waals surface area contributed by atoms with E-state index in [-0.39, 0.29) is 0 Å². The summed E-state index contributed by atoms with van der Waals surface area (Å²) in [6.45, 7) is 0.